The summed E-state index contributed by atoms with van der Waals surface area (Å²) in [5.41, 5.74) is 8.36. The molecular formula is C16H16N4. The molecule has 0 amide bonds. The molecule has 0 bridgehead atoms. The highest BCUT2D eigenvalue weighted by atomic mass is 15.2. The zero-order valence-electron chi connectivity index (χ0n) is 11.0. The molecule has 0 aliphatic carbocycles. The van der Waals surface area contributed by atoms with E-state index in [1.165, 1.54) is 5.56 Å². The van der Waals surface area contributed by atoms with E-state index in [4.69, 9.17) is 5.73 Å². The van der Waals surface area contributed by atoms with E-state index in [2.05, 4.69) is 27.3 Å². The van der Waals surface area contributed by atoms with Crippen LogP contribution < -0.4 is 5.73 Å². The first kappa shape index (κ1) is 12.6. The normalized spacial score (nSPS) is 12.2. The van der Waals surface area contributed by atoms with E-state index >= 15 is 0 Å². The van der Waals surface area contributed by atoms with Gasteiger partial charge in [-0.15, -0.1) is 0 Å². The average Bonchev–Trinajstić information content (AvgIpc) is 2.99. The van der Waals surface area contributed by atoms with Crippen molar-refractivity contribution in [2.24, 2.45) is 5.73 Å². The standard InChI is InChI=1S/C16H16N4/c17-14(11-12-7-3-1-4-8-12)16-18-15(19-20-16)13-9-5-2-6-10-13/h1-10,14H,11,17H2,(H,18,19,20)/t14-/m0/s1. The molecule has 4 heteroatoms. The van der Waals surface area contributed by atoms with Crippen LogP contribution in [0.1, 0.15) is 17.4 Å². The second-order valence-electron chi connectivity index (χ2n) is 4.71. The molecule has 1 heterocycles. The van der Waals surface area contributed by atoms with Crippen molar-refractivity contribution in [3.05, 3.63) is 72.1 Å². The van der Waals surface area contributed by atoms with Gasteiger partial charge < -0.3 is 5.73 Å². The lowest BCUT2D eigenvalue weighted by Crippen LogP contribution is -2.15. The van der Waals surface area contributed by atoms with Crippen LogP contribution in [0.5, 0.6) is 0 Å². The molecule has 0 spiro atoms. The quantitative estimate of drug-likeness (QED) is 0.761. The number of nitrogens with two attached hydrogens (primary N) is 1. The second kappa shape index (κ2) is 5.67. The minimum Gasteiger partial charge on any atom is -0.321 e. The number of nitrogens with one attached hydrogen (secondary N) is 1. The Labute approximate surface area is 117 Å². The first-order chi connectivity index (χ1) is 9.83. The van der Waals surface area contributed by atoms with E-state index in [0.717, 1.165) is 12.0 Å². The molecule has 3 rings (SSSR count). The van der Waals surface area contributed by atoms with Crippen molar-refractivity contribution < 1.29 is 0 Å². The van der Waals surface area contributed by atoms with Crippen LogP contribution in [0.3, 0.4) is 0 Å². The Morgan fingerprint density at radius 2 is 1.60 bits per heavy atom. The van der Waals surface area contributed by atoms with Gasteiger partial charge in [0.25, 0.3) is 0 Å². The van der Waals surface area contributed by atoms with E-state index < -0.39 is 0 Å². The molecule has 0 aliphatic heterocycles. The highest BCUT2D eigenvalue weighted by Crippen LogP contribution is 2.17. The molecule has 3 N–H and O–H groups in total. The third-order valence-electron chi connectivity index (χ3n) is 3.18. The Balaban J connectivity index is 1.77. The number of benzene rings is 2. The molecule has 0 aliphatic rings. The summed E-state index contributed by atoms with van der Waals surface area (Å²) >= 11 is 0. The largest absolute Gasteiger partial charge is 0.321 e. The van der Waals surface area contributed by atoms with Gasteiger partial charge in [0, 0.05) is 5.56 Å². The first-order valence-electron chi connectivity index (χ1n) is 6.60. The zero-order valence-corrected chi connectivity index (χ0v) is 11.0. The van der Waals surface area contributed by atoms with Crippen LogP contribution in [0.15, 0.2) is 60.7 Å². The third kappa shape index (κ3) is 2.75. The van der Waals surface area contributed by atoms with Gasteiger partial charge in [-0.1, -0.05) is 60.7 Å². The van der Waals surface area contributed by atoms with Gasteiger partial charge in [-0.2, -0.15) is 5.10 Å². The summed E-state index contributed by atoms with van der Waals surface area (Å²) < 4.78 is 0. The molecule has 0 radical (unpaired) electrons. The van der Waals surface area contributed by atoms with Crippen LogP contribution in [-0.2, 0) is 6.42 Å². The van der Waals surface area contributed by atoms with Gasteiger partial charge in [0.1, 0.15) is 5.82 Å². The molecule has 0 saturated heterocycles. The Bertz CT molecular complexity index is 661. The van der Waals surface area contributed by atoms with Crippen LogP contribution in [0.2, 0.25) is 0 Å². The fraction of sp³-hybridized carbons (Fsp3) is 0.125. The Morgan fingerprint density at radius 3 is 2.30 bits per heavy atom. The van der Waals surface area contributed by atoms with Crippen molar-refractivity contribution in [3.8, 4) is 11.4 Å². The highest BCUT2D eigenvalue weighted by molar-refractivity contribution is 5.53. The van der Waals surface area contributed by atoms with Crippen LogP contribution in [-0.4, -0.2) is 15.2 Å². The van der Waals surface area contributed by atoms with Crippen LogP contribution in [0, 0.1) is 0 Å². The average molecular weight is 264 g/mol. The monoisotopic (exact) mass is 264 g/mol. The number of hydrogen-bond donors (Lipinski definition) is 2. The molecule has 3 aromatic rings. The van der Waals surface area contributed by atoms with E-state index in [-0.39, 0.29) is 6.04 Å². The lowest BCUT2D eigenvalue weighted by Gasteiger charge is -2.07. The SMILES string of the molecule is N[C@@H](Cc1ccccc1)c1nc(-c2ccccc2)n[nH]1. The van der Waals surface area contributed by atoms with Gasteiger partial charge in [0.2, 0.25) is 0 Å². The Morgan fingerprint density at radius 1 is 0.950 bits per heavy atom. The molecule has 2 aromatic carbocycles. The first-order valence-corrected chi connectivity index (χ1v) is 6.60. The van der Waals surface area contributed by atoms with Crippen molar-refractivity contribution >= 4 is 0 Å². The van der Waals surface area contributed by atoms with Crippen LogP contribution >= 0.6 is 0 Å². The van der Waals surface area contributed by atoms with Crippen molar-refractivity contribution in [1.82, 2.24) is 15.2 Å². The Hall–Kier alpha value is -2.46. The molecule has 0 unspecified atom stereocenters. The van der Waals surface area contributed by atoms with Gasteiger partial charge in [0.15, 0.2) is 5.82 Å². The van der Waals surface area contributed by atoms with Crippen LogP contribution in [0.4, 0.5) is 0 Å². The van der Waals surface area contributed by atoms with E-state index in [1.54, 1.807) is 0 Å². The topological polar surface area (TPSA) is 67.6 Å². The summed E-state index contributed by atoms with van der Waals surface area (Å²) in [6.07, 6.45) is 0.740. The van der Waals surface area contributed by atoms with Crippen molar-refractivity contribution in [2.45, 2.75) is 12.5 Å². The van der Waals surface area contributed by atoms with Crippen molar-refractivity contribution in [3.63, 3.8) is 0 Å². The second-order valence-corrected chi connectivity index (χ2v) is 4.71. The molecule has 1 atom stereocenters. The van der Waals surface area contributed by atoms with Crippen LogP contribution in [0.25, 0.3) is 11.4 Å². The summed E-state index contributed by atoms with van der Waals surface area (Å²) in [5.74, 6) is 1.40. The van der Waals surface area contributed by atoms with Crippen molar-refractivity contribution in [1.29, 1.82) is 0 Å². The van der Waals surface area contributed by atoms with Gasteiger partial charge in [0.05, 0.1) is 6.04 Å². The summed E-state index contributed by atoms with van der Waals surface area (Å²) in [5, 5.41) is 7.17. The predicted octanol–water partition coefficient (Wildman–Crippen LogP) is 2.71. The van der Waals surface area contributed by atoms with Gasteiger partial charge in [-0.3, -0.25) is 5.10 Å². The van der Waals surface area contributed by atoms with Gasteiger partial charge in [-0.05, 0) is 12.0 Å². The molecule has 100 valence electrons. The predicted molar refractivity (Wildman–Crippen MR) is 78.9 cm³/mol. The number of nitrogens with zero attached hydrogens (tertiary/aromatic N) is 2. The van der Waals surface area contributed by atoms with Crippen molar-refractivity contribution in [2.75, 3.05) is 0 Å². The zero-order chi connectivity index (χ0) is 13.8. The maximum atomic E-state index is 6.18. The maximum absolute atomic E-state index is 6.18. The summed E-state index contributed by atoms with van der Waals surface area (Å²) in [4.78, 5) is 4.48. The van der Waals surface area contributed by atoms with Gasteiger partial charge >= 0.3 is 0 Å². The minimum atomic E-state index is -0.178. The summed E-state index contributed by atoms with van der Waals surface area (Å²) in [7, 11) is 0. The lowest BCUT2D eigenvalue weighted by molar-refractivity contribution is 0.671. The molecular weight excluding hydrogens is 248 g/mol. The van der Waals surface area contributed by atoms with E-state index in [0.29, 0.717) is 11.6 Å². The molecule has 0 saturated carbocycles. The fourth-order valence-electron chi connectivity index (χ4n) is 2.12. The number of aromatic nitrogens is 3. The van der Waals surface area contributed by atoms with Gasteiger partial charge in [-0.25, -0.2) is 4.98 Å². The molecule has 4 nitrogen and oxygen atoms in total. The fourth-order valence-corrected chi connectivity index (χ4v) is 2.12. The number of rotatable bonds is 4. The minimum absolute atomic E-state index is 0.178. The number of H-pyrrole nitrogens is 1. The summed E-state index contributed by atoms with van der Waals surface area (Å²) in [6.45, 7) is 0. The van der Waals surface area contributed by atoms with E-state index in [1.807, 2.05) is 48.5 Å². The van der Waals surface area contributed by atoms with E-state index in [9.17, 15) is 0 Å². The Kier molecular flexibility index (Phi) is 3.56. The lowest BCUT2D eigenvalue weighted by atomic mass is 10.1. The smallest absolute Gasteiger partial charge is 0.181 e. The third-order valence-corrected chi connectivity index (χ3v) is 3.18. The number of hydrogen-bond acceptors (Lipinski definition) is 3. The molecule has 20 heavy (non-hydrogen) atoms. The highest BCUT2D eigenvalue weighted by Gasteiger charge is 2.13. The molecule has 0 fully saturated rings. The maximum Gasteiger partial charge on any atom is 0.181 e. The molecule has 1 aromatic heterocycles. The summed E-state index contributed by atoms with van der Waals surface area (Å²) in [6, 6.07) is 19.8. The number of aromatic amines is 1.